The van der Waals surface area contributed by atoms with Gasteiger partial charge in [-0.3, -0.25) is 14.9 Å². The fourth-order valence-corrected chi connectivity index (χ4v) is 2.29. The van der Waals surface area contributed by atoms with E-state index in [4.69, 9.17) is 0 Å². The second-order valence-corrected chi connectivity index (χ2v) is 5.34. The van der Waals surface area contributed by atoms with Crippen molar-refractivity contribution >= 4 is 5.91 Å². The van der Waals surface area contributed by atoms with E-state index in [9.17, 15) is 4.79 Å². The van der Waals surface area contributed by atoms with Gasteiger partial charge in [0, 0.05) is 18.7 Å². The third kappa shape index (κ3) is 3.26. The van der Waals surface area contributed by atoms with E-state index in [0.29, 0.717) is 12.6 Å². The molecule has 110 valence electrons. The van der Waals surface area contributed by atoms with Crippen LogP contribution in [0.25, 0.3) is 0 Å². The number of carbonyl (C=O) groups is 1. The summed E-state index contributed by atoms with van der Waals surface area (Å²) in [6, 6.07) is 6.04. The van der Waals surface area contributed by atoms with Gasteiger partial charge in [0.1, 0.15) is 5.82 Å². The van der Waals surface area contributed by atoms with Crippen LogP contribution in [0.5, 0.6) is 0 Å². The van der Waals surface area contributed by atoms with Crippen molar-refractivity contribution in [2.24, 2.45) is 0 Å². The molecule has 2 aromatic rings. The molecule has 1 N–H and O–H groups in total. The molecule has 3 rings (SSSR count). The van der Waals surface area contributed by atoms with Gasteiger partial charge in [0.15, 0.2) is 0 Å². The normalized spacial score (nSPS) is 14.1. The summed E-state index contributed by atoms with van der Waals surface area (Å²) < 4.78 is 0. The highest BCUT2D eigenvalue weighted by Crippen LogP contribution is 2.29. The highest BCUT2D eigenvalue weighted by atomic mass is 16.2. The van der Waals surface area contributed by atoms with Crippen molar-refractivity contribution in [1.29, 1.82) is 0 Å². The molecule has 6 nitrogen and oxygen atoms in total. The van der Waals surface area contributed by atoms with Gasteiger partial charge < -0.3 is 4.90 Å². The third-order valence-electron chi connectivity index (χ3n) is 3.52. The Hall–Kier alpha value is -2.24. The summed E-state index contributed by atoms with van der Waals surface area (Å²) in [5.74, 6) is 0.928. The van der Waals surface area contributed by atoms with E-state index in [1.807, 2.05) is 23.1 Å². The van der Waals surface area contributed by atoms with Gasteiger partial charge in [0.2, 0.25) is 5.82 Å². The van der Waals surface area contributed by atoms with Crippen LogP contribution >= 0.6 is 0 Å². The minimum atomic E-state index is -0.109. The largest absolute Gasteiger partial charge is 0.327 e. The maximum Gasteiger partial charge on any atom is 0.294 e. The molecule has 1 fully saturated rings. The standard InChI is InChI=1S/C15H19N5O/c1-2-5-13-17-14(19-18-13)15(21)20(12-7-8-12)10-11-6-3-4-9-16-11/h3-4,6,9,12H,2,5,7-8,10H2,1H3,(H,17,18,19). The topological polar surface area (TPSA) is 74.8 Å². The second kappa shape index (κ2) is 6.03. The highest BCUT2D eigenvalue weighted by Gasteiger charge is 2.34. The van der Waals surface area contributed by atoms with E-state index >= 15 is 0 Å². The molecule has 21 heavy (non-hydrogen) atoms. The minimum Gasteiger partial charge on any atom is -0.327 e. The number of hydrogen-bond donors (Lipinski definition) is 1. The Bertz CT molecular complexity index is 606. The summed E-state index contributed by atoms with van der Waals surface area (Å²) in [7, 11) is 0. The molecule has 0 unspecified atom stereocenters. The van der Waals surface area contributed by atoms with Crippen LogP contribution in [-0.2, 0) is 13.0 Å². The Morgan fingerprint density at radius 1 is 1.43 bits per heavy atom. The molecule has 0 bridgehead atoms. The summed E-state index contributed by atoms with van der Waals surface area (Å²) in [4.78, 5) is 23.0. The lowest BCUT2D eigenvalue weighted by Crippen LogP contribution is -2.33. The predicted molar refractivity (Wildman–Crippen MR) is 77.5 cm³/mol. The van der Waals surface area contributed by atoms with Crippen LogP contribution in [0.2, 0.25) is 0 Å². The molecule has 6 heteroatoms. The summed E-state index contributed by atoms with van der Waals surface area (Å²) in [6.45, 7) is 2.59. The Labute approximate surface area is 123 Å². The van der Waals surface area contributed by atoms with Crippen molar-refractivity contribution in [3.63, 3.8) is 0 Å². The molecule has 0 radical (unpaired) electrons. The van der Waals surface area contributed by atoms with E-state index < -0.39 is 0 Å². The first-order chi connectivity index (χ1) is 10.3. The zero-order valence-electron chi connectivity index (χ0n) is 12.1. The van der Waals surface area contributed by atoms with Gasteiger partial charge in [-0.1, -0.05) is 13.0 Å². The number of nitrogens with one attached hydrogen (secondary N) is 1. The summed E-state index contributed by atoms with van der Waals surface area (Å²) in [5, 5.41) is 6.90. The van der Waals surface area contributed by atoms with Gasteiger partial charge in [-0.25, -0.2) is 4.98 Å². The number of H-pyrrole nitrogens is 1. The predicted octanol–water partition coefficient (Wildman–Crippen LogP) is 1.96. The number of aromatic amines is 1. The Kier molecular flexibility index (Phi) is 3.94. The van der Waals surface area contributed by atoms with E-state index in [2.05, 4.69) is 27.1 Å². The highest BCUT2D eigenvalue weighted by molar-refractivity contribution is 5.90. The molecule has 1 amide bonds. The average molecular weight is 285 g/mol. The fraction of sp³-hybridized carbons (Fsp3) is 0.467. The van der Waals surface area contributed by atoms with Crippen LogP contribution in [0.15, 0.2) is 24.4 Å². The number of aryl methyl sites for hydroxylation is 1. The zero-order valence-corrected chi connectivity index (χ0v) is 12.1. The molecule has 0 atom stereocenters. The first kappa shape index (κ1) is 13.7. The molecule has 2 aromatic heterocycles. The molecule has 0 saturated heterocycles. The molecular formula is C15H19N5O. The van der Waals surface area contributed by atoms with Gasteiger partial charge in [-0.05, 0) is 31.4 Å². The van der Waals surface area contributed by atoms with Crippen LogP contribution in [0, 0.1) is 0 Å². The summed E-state index contributed by atoms with van der Waals surface area (Å²) in [6.07, 6.45) is 5.62. The molecule has 0 aliphatic heterocycles. The van der Waals surface area contributed by atoms with Crippen LogP contribution < -0.4 is 0 Å². The van der Waals surface area contributed by atoms with Crippen molar-refractivity contribution in [3.8, 4) is 0 Å². The van der Waals surface area contributed by atoms with E-state index in [-0.39, 0.29) is 11.7 Å². The maximum atomic E-state index is 12.6. The molecule has 2 heterocycles. The van der Waals surface area contributed by atoms with Crippen molar-refractivity contribution in [2.45, 2.75) is 45.2 Å². The van der Waals surface area contributed by atoms with Gasteiger partial charge in [0.25, 0.3) is 5.91 Å². The number of pyridine rings is 1. The molecule has 1 saturated carbocycles. The lowest BCUT2D eigenvalue weighted by atomic mass is 10.3. The van der Waals surface area contributed by atoms with Crippen LogP contribution in [-0.4, -0.2) is 37.0 Å². The van der Waals surface area contributed by atoms with Gasteiger partial charge in [-0.15, -0.1) is 5.10 Å². The third-order valence-corrected chi connectivity index (χ3v) is 3.52. The zero-order chi connectivity index (χ0) is 14.7. The number of rotatable bonds is 6. The number of hydrogen-bond acceptors (Lipinski definition) is 4. The SMILES string of the molecule is CCCc1nc(C(=O)N(Cc2ccccn2)C2CC2)n[nH]1. The summed E-state index contributed by atoms with van der Waals surface area (Å²) >= 11 is 0. The molecule has 0 aromatic carbocycles. The second-order valence-electron chi connectivity index (χ2n) is 5.34. The van der Waals surface area contributed by atoms with Crippen LogP contribution in [0.3, 0.4) is 0 Å². The Balaban J connectivity index is 1.75. The maximum absolute atomic E-state index is 12.6. The Morgan fingerprint density at radius 2 is 2.29 bits per heavy atom. The first-order valence-corrected chi connectivity index (χ1v) is 7.40. The lowest BCUT2D eigenvalue weighted by Gasteiger charge is -2.20. The van der Waals surface area contributed by atoms with Crippen molar-refractivity contribution in [2.75, 3.05) is 0 Å². The van der Waals surface area contributed by atoms with Crippen molar-refractivity contribution in [3.05, 3.63) is 41.7 Å². The van der Waals surface area contributed by atoms with Crippen molar-refractivity contribution in [1.82, 2.24) is 25.1 Å². The van der Waals surface area contributed by atoms with E-state index in [0.717, 1.165) is 37.2 Å². The number of amides is 1. The summed E-state index contributed by atoms with van der Waals surface area (Å²) in [5.41, 5.74) is 0.891. The van der Waals surface area contributed by atoms with Crippen LogP contribution in [0.4, 0.5) is 0 Å². The number of aromatic nitrogens is 4. The van der Waals surface area contributed by atoms with Gasteiger partial charge in [0.05, 0.1) is 12.2 Å². The van der Waals surface area contributed by atoms with E-state index in [1.54, 1.807) is 6.20 Å². The molecule has 1 aliphatic rings. The minimum absolute atomic E-state index is 0.109. The Morgan fingerprint density at radius 3 is 2.95 bits per heavy atom. The van der Waals surface area contributed by atoms with Gasteiger partial charge in [-0.2, -0.15) is 0 Å². The molecular weight excluding hydrogens is 266 g/mol. The fourth-order valence-electron chi connectivity index (χ4n) is 2.29. The first-order valence-electron chi connectivity index (χ1n) is 7.40. The number of nitrogens with zero attached hydrogens (tertiary/aromatic N) is 4. The lowest BCUT2D eigenvalue weighted by molar-refractivity contribution is 0.0715. The van der Waals surface area contributed by atoms with E-state index in [1.165, 1.54) is 0 Å². The number of carbonyl (C=O) groups excluding carboxylic acids is 1. The smallest absolute Gasteiger partial charge is 0.294 e. The molecule has 0 spiro atoms. The molecule has 1 aliphatic carbocycles. The average Bonchev–Trinajstić information content (AvgIpc) is 3.25. The van der Waals surface area contributed by atoms with Gasteiger partial charge >= 0.3 is 0 Å². The monoisotopic (exact) mass is 285 g/mol. The van der Waals surface area contributed by atoms with Crippen LogP contribution in [0.1, 0.15) is 48.3 Å². The quantitative estimate of drug-likeness (QED) is 0.880. The van der Waals surface area contributed by atoms with Crippen molar-refractivity contribution < 1.29 is 4.79 Å².